The summed E-state index contributed by atoms with van der Waals surface area (Å²) in [6, 6.07) is 11.0. The molecule has 2 heterocycles. The van der Waals surface area contributed by atoms with Crippen LogP contribution in [0.5, 0.6) is 0 Å². The van der Waals surface area contributed by atoms with Crippen LogP contribution in [0, 0.1) is 0 Å². The molecule has 0 spiro atoms. The van der Waals surface area contributed by atoms with Crippen LogP contribution in [0.3, 0.4) is 0 Å². The Balaban J connectivity index is 1.42. The Morgan fingerprint density at radius 1 is 1.10 bits per heavy atom. The summed E-state index contributed by atoms with van der Waals surface area (Å²) in [6.45, 7) is 0. The number of hydrogen-bond acceptors (Lipinski definition) is 6. The fourth-order valence-corrected chi connectivity index (χ4v) is 4.32. The van der Waals surface area contributed by atoms with Crippen LogP contribution in [0.2, 0.25) is 10.0 Å². The lowest BCUT2D eigenvalue weighted by Gasteiger charge is -2.09. The van der Waals surface area contributed by atoms with Gasteiger partial charge in [0.1, 0.15) is 5.25 Å². The number of carbonyl (C=O) groups is 4. The summed E-state index contributed by atoms with van der Waals surface area (Å²) in [5, 5.41) is 9.79. The first kappa shape index (κ1) is 20.4. The first-order valence-electron chi connectivity index (χ1n) is 8.62. The molecule has 2 aliphatic rings. The maximum atomic E-state index is 12.4. The van der Waals surface area contributed by atoms with Gasteiger partial charge in [0.25, 0.3) is 11.8 Å². The molecule has 2 aliphatic heterocycles. The Labute approximate surface area is 184 Å². The predicted octanol–water partition coefficient (Wildman–Crippen LogP) is 3.12. The smallest absolute Gasteiger partial charge is 0.282 e. The monoisotopic (exact) mass is 462 g/mol. The molecule has 4 amide bonds. The molecule has 0 bridgehead atoms. The molecule has 8 nitrogen and oxygen atoms in total. The molecule has 11 heteroatoms. The quantitative estimate of drug-likeness (QED) is 0.678. The van der Waals surface area contributed by atoms with Crippen molar-refractivity contribution in [3.05, 3.63) is 63.6 Å². The molecule has 4 rings (SSSR count). The molecule has 1 atom stereocenters. The van der Waals surface area contributed by atoms with Gasteiger partial charge in [-0.25, -0.2) is 0 Å². The summed E-state index contributed by atoms with van der Waals surface area (Å²) in [5.41, 5.74) is 0.864. The first-order chi connectivity index (χ1) is 14.3. The van der Waals surface area contributed by atoms with Crippen LogP contribution in [0.4, 0.5) is 5.69 Å². The number of benzene rings is 2. The average molecular weight is 463 g/mol. The highest BCUT2D eigenvalue weighted by molar-refractivity contribution is 8.15. The lowest BCUT2D eigenvalue weighted by atomic mass is 10.1. The Bertz CT molecular complexity index is 1100. The number of halogens is 2. The van der Waals surface area contributed by atoms with Crippen LogP contribution in [-0.4, -0.2) is 39.1 Å². The molecule has 2 aromatic rings. The van der Waals surface area contributed by atoms with Crippen LogP contribution >= 0.6 is 35.0 Å². The lowest BCUT2D eigenvalue weighted by molar-refractivity contribution is -0.122. The van der Waals surface area contributed by atoms with Gasteiger partial charge in [-0.3, -0.25) is 19.2 Å². The van der Waals surface area contributed by atoms with Crippen LogP contribution in [0.1, 0.15) is 27.1 Å². The van der Waals surface area contributed by atoms with Crippen molar-refractivity contribution in [3.63, 3.8) is 0 Å². The van der Waals surface area contributed by atoms with Crippen molar-refractivity contribution in [1.82, 2.24) is 10.3 Å². The fraction of sp³-hybridized carbons (Fsp3) is 0.105. The van der Waals surface area contributed by atoms with Gasteiger partial charge in [0, 0.05) is 11.4 Å². The van der Waals surface area contributed by atoms with E-state index in [0.29, 0.717) is 15.7 Å². The third kappa shape index (κ3) is 3.91. The van der Waals surface area contributed by atoms with Crippen LogP contribution < -0.4 is 10.6 Å². The van der Waals surface area contributed by atoms with E-state index in [4.69, 9.17) is 23.2 Å². The van der Waals surface area contributed by atoms with Gasteiger partial charge in [0.05, 0.1) is 21.8 Å². The van der Waals surface area contributed by atoms with Gasteiger partial charge < -0.3 is 10.6 Å². The molecule has 0 radical (unpaired) electrons. The van der Waals surface area contributed by atoms with Crippen molar-refractivity contribution in [3.8, 4) is 0 Å². The van der Waals surface area contributed by atoms with E-state index in [9.17, 15) is 19.2 Å². The van der Waals surface area contributed by atoms with E-state index in [2.05, 4.69) is 15.7 Å². The highest BCUT2D eigenvalue weighted by atomic mass is 35.5. The third-order valence-corrected chi connectivity index (χ3v) is 5.94. The topological polar surface area (TPSA) is 108 Å². The number of nitrogens with one attached hydrogen (secondary N) is 2. The minimum absolute atomic E-state index is 0.0665. The van der Waals surface area contributed by atoms with E-state index in [-0.39, 0.29) is 27.7 Å². The van der Waals surface area contributed by atoms with Gasteiger partial charge in [-0.05, 0) is 30.3 Å². The predicted molar refractivity (Wildman–Crippen MR) is 114 cm³/mol. The minimum Gasteiger partial charge on any atom is -0.325 e. The zero-order valence-corrected chi connectivity index (χ0v) is 17.3. The van der Waals surface area contributed by atoms with Gasteiger partial charge in [-0.2, -0.15) is 5.01 Å². The van der Waals surface area contributed by atoms with E-state index in [1.54, 1.807) is 24.3 Å². The minimum atomic E-state index is -0.773. The molecular formula is C19H12Cl2N4O4S. The van der Waals surface area contributed by atoms with Gasteiger partial charge in [-0.1, -0.05) is 47.1 Å². The molecule has 0 aromatic heterocycles. The number of carbonyl (C=O) groups excluding carboxylic acids is 4. The standard InChI is InChI=1S/C19H12Cl2N4O4S/c20-9-5-6-13(12(21)7-9)22-15(26)8-14-16(27)23-19(30-14)24-25-17(28)10-3-1-2-4-11(10)18(25)29/h1-7,14H,8H2,(H,22,26)(H,23,24,27)/t14-/m0/s1. The Morgan fingerprint density at radius 3 is 2.40 bits per heavy atom. The molecule has 1 fully saturated rings. The molecule has 0 unspecified atom stereocenters. The number of rotatable bonds is 4. The number of hydrazone groups is 1. The van der Waals surface area contributed by atoms with E-state index >= 15 is 0 Å². The number of amides is 4. The normalized spacial score (nSPS) is 19.3. The Kier molecular flexibility index (Phi) is 5.50. The number of amidine groups is 1. The first-order valence-corrected chi connectivity index (χ1v) is 10.3. The van der Waals surface area contributed by atoms with E-state index in [1.165, 1.54) is 18.2 Å². The number of fused-ring (bicyclic) bond motifs is 1. The summed E-state index contributed by atoms with van der Waals surface area (Å²) in [6.07, 6.45) is -0.156. The van der Waals surface area contributed by atoms with E-state index in [0.717, 1.165) is 11.8 Å². The number of anilines is 1. The number of nitrogens with zero attached hydrogens (tertiary/aromatic N) is 2. The fourth-order valence-electron chi connectivity index (χ4n) is 2.91. The largest absolute Gasteiger partial charge is 0.325 e. The summed E-state index contributed by atoms with van der Waals surface area (Å²) in [5.74, 6) is -2.03. The van der Waals surface area contributed by atoms with Gasteiger partial charge in [-0.15, -0.1) is 5.10 Å². The van der Waals surface area contributed by atoms with Crippen molar-refractivity contribution < 1.29 is 19.2 Å². The molecule has 0 saturated carbocycles. The van der Waals surface area contributed by atoms with E-state index < -0.39 is 28.9 Å². The molecule has 152 valence electrons. The summed E-state index contributed by atoms with van der Waals surface area (Å²) in [7, 11) is 0. The zero-order valence-electron chi connectivity index (χ0n) is 15.0. The molecule has 2 N–H and O–H groups in total. The zero-order chi connectivity index (χ0) is 21.4. The maximum absolute atomic E-state index is 12.4. The third-order valence-electron chi connectivity index (χ3n) is 4.32. The number of imide groups is 1. The molecule has 2 aromatic carbocycles. The highest BCUT2D eigenvalue weighted by Gasteiger charge is 2.38. The van der Waals surface area contributed by atoms with E-state index in [1.807, 2.05) is 0 Å². The number of hydrogen-bond donors (Lipinski definition) is 2. The number of thioether (sulfide) groups is 1. The summed E-state index contributed by atoms with van der Waals surface area (Å²) >= 11 is 12.8. The summed E-state index contributed by atoms with van der Waals surface area (Å²) < 4.78 is 0. The molecule has 1 saturated heterocycles. The van der Waals surface area contributed by atoms with Gasteiger partial charge in [0.15, 0.2) is 5.17 Å². The Morgan fingerprint density at radius 2 is 1.77 bits per heavy atom. The maximum Gasteiger partial charge on any atom is 0.282 e. The molecule has 0 aliphatic carbocycles. The lowest BCUT2D eigenvalue weighted by Crippen LogP contribution is -2.30. The Hall–Kier alpha value is -2.88. The second kappa shape index (κ2) is 8.10. The van der Waals surface area contributed by atoms with Crippen molar-refractivity contribution in [2.24, 2.45) is 5.10 Å². The van der Waals surface area contributed by atoms with Crippen LogP contribution in [-0.2, 0) is 9.59 Å². The van der Waals surface area contributed by atoms with Crippen LogP contribution in [0.15, 0.2) is 47.6 Å². The second-order valence-electron chi connectivity index (χ2n) is 6.35. The van der Waals surface area contributed by atoms with Crippen molar-refractivity contribution in [2.45, 2.75) is 11.7 Å². The average Bonchev–Trinajstić information content (AvgIpc) is 3.16. The molecular weight excluding hydrogens is 451 g/mol. The second-order valence-corrected chi connectivity index (χ2v) is 8.38. The highest BCUT2D eigenvalue weighted by Crippen LogP contribution is 2.29. The van der Waals surface area contributed by atoms with Crippen molar-refractivity contribution in [2.75, 3.05) is 5.32 Å². The van der Waals surface area contributed by atoms with Gasteiger partial charge in [0.2, 0.25) is 11.8 Å². The molecule has 30 heavy (non-hydrogen) atoms. The van der Waals surface area contributed by atoms with Gasteiger partial charge >= 0.3 is 0 Å². The van der Waals surface area contributed by atoms with Crippen LogP contribution in [0.25, 0.3) is 0 Å². The van der Waals surface area contributed by atoms with Crippen molar-refractivity contribution >= 4 is 69.4 Å². The van der Waals surface area contributed by atoms with Crippen molar-refractivity contribution in [1.29, 1.82) is 0 Å². The SMILES string of the molecule is O=C(C[C@@H]1S/C(=N\N2C(=O)c3ccccc3C2=O)NC1=O)Nc1ccc(Cl)cc1Cl. The summed E-state index contributed by atoms with van der Waals surface area (Å²) in [4.78, 5) is 49.3.